The van der Waals surface area contributed by atoms with Crippen molar-refractivity contribution in [2.75, 3.05) is 0 Å². The molecule has 1 N–H and O–H groups in total. The zero-order chi connectivity index (χ0) is 19.8. The number of fused-ring (bicyclic) bond motifs is 1. The second kappa shape index (κ2) is 6.88. The molecule has 1 heterocycles. The van der Waals surface area contributed by atoms with Crippen molar-refractivity contribution in [1.29, 1.82) is 0 Å². The average Bonchev–Trinajstić information content (AvgIpc) is 2.96. The number of benzene rings is 2. The van der Waals surface area contributed by atoms with Crippen molar-refractivity contribution < 1.29 is 9.52 Å². The summed E-state index contributed by atoms with van der Waals surface area (Å²) in [5.41, 5.74) is 4.46. The van der Waals surface area contributed by atoms with Crippen LogP contribution in [-0.2, 0) is 17.3 Å². The van der Waals surface area contributed by atoms with Crippen molar-refractivity contribution in [1.82, 2.24) is 4.98 Å². The number of aromatic nitrogens is 1. The predicted octanol–water partition coefficient (Wildman–Crippen LogP) is 6.38. The van der Waals surface area contributed by atoms with Crippen LogP contribution in [0.1, 0.15) is 64.1 Å². The van der Waals surface area contributed by atoms with Crippen LogP contribution in [0.3, 0.4) is 0 Å². The quantitative estimate of drug-likeness (QED) is 0.587. The third-order valence-electron chi connectivity index (χ3n) is 4.69. The van der Waals surface area contributed by atoms with E-state index in [0.717, 1.165) is 27.8 Å². The molecule has 3 aromatic rings. The number of aromatic hydroxyl groups is 1. The highest BCUT2D eigenvalue weighted by Gasteiger charge is 2.26. The van der Waals surface area contributed by atoms with Crippen molar-refractivity contribution in [3.05, 3.63) is 65.1 Å². The first-order valence-corrected chi connectivity index (χ1v) is 9.44. The largest absolute Gasteiger partial charge is 0.507 e. The summed E-state index contributed by atoms with van der Waals surface area (Å²) in [6.45, 7) is 12.8. The van der Waals surface area contributed by atoms with E-state index in [1.807, 2.05) is 24.3 Å². The zero-order valence-electron chi connectivity index (χ0n) is 17.1. The summed E-state index contributed by atoms with van der Waals surface area (Å²) in [5.74, 6) is 1.12. The molecule has 0 atom stereocenters. The molecule has 142 valence electrons. The fourth-order valence-electron chi connectivity index (χ4n) is 3.20. The van der Waals surface area contributed by atoms with Crippen LogP contribution in [-0.4, -0.2) is 10.1 Å². The molecule has 0 aliphatic rings. The zero-order valence-corrected chi connectivity index (χ0v) is 17.1. The second-order valence-electron chi connectivity index (χ2n) is 9.15. The summed E-state index contributed by atoms with van der Waals surface area (Å²) in [7, 11) is 0. The summed E-state index contributed by atoms with van der Waals surface area (Å²) < 4.78 is 5.78. The number of phenolic OH excluding ortho intramolecular Hbond substituents is 1. The van der Waals surface area contributed by atoms with Crippen LogP contribution >= 0.6 is 0 Å². The Balaban J connectivity index is 1.92. The molecule has 3 rings (SSSR count). The number of rotatable bonds is 3. The van der Waals surface area contributed by atoms with Gasteiger partial charge in [-0.25, -0.2) is 4.98 Å². The molecule has 0 aliphatic carbocycles. The van der Waals surface area contributed by atoms with Gasteiger partial charge in [0, 0.05) is 17.5 Å². The van der Waals surface area contributed by atoms with Crippen molar-refractivity contribution in [3.8, 4) is 5.75 Å². The van der Waals surface area contributed by atoms with E-state index < -0.39 is 0 Å². The topological polar surface area (TPSA) is 46.3 Å². The Morgan fingerprint density at radius 1 is 0.963 bits per heavy atom. The Hall–Kier alpha value is -2.55. The third kappa shape index (κ3) is 4.24. The smallest absolute Gasteiger partial charge is 0.199 e. The van der Waals surface area contributed by atoms with E-state index in [0.29, 0.717) is 18.1 Å². The first-order chi connectivity index (χ1) is 12.6. The summed E-state index contributed by atoms with van der Waals surface area (Å²) in [4.78, 5) is 4.51. The monoisotopic (exact) mass is 363 g/mol. The van der Waals surface area contributed by atoms with E-state index in [1.54, 1.807) is 0 Å². The van der Waals surface area contributed by atoms with Gasteiger partial charge >= 0.3 is 0 Å². The highest BCUT2D eigenvalue weighted by atomic mass is 16.3. The predicted molar refractivity (Wildman–Crippen MR) is 112 cm³/mol. The van der Waals surface area contributed by atoms with Gasteiger partial charge in [0.2, 0.25) is 0 Å². The van der Waals surface area contributed by atoms with Gasteiger partial charge in [0.1, 0.15) is 11.3 Å². The Morgan fingerprint density at radius 3 is 2.11 bits per heavy atom. The van der Waals surface area contributed by atoms with Crippen LogP contribution in [0.25, 0.3) is 17.2 Å². The molecule has 0 bridgehead atoms. The lowest BCUT2D eigenvalue weighted by molar-refractivity contribution is 0.423. The van der Waals surface area contributed by atoms with Crippen LogP contribution in [0, 0.1) is 0 Å². The van der Waals surface area contributed by atoms with Crippen molar-refractivity contribution in [2.45, 2.75) is 58.8 Å². The molecule has 0 saturated carbocycles. The molecular weight excluding hydrogens is 334 g/mol. The molecule has 0 radical (unpaired) electrons. The van der Waals surface area contributed by atoms with Crippen LogP contribution in [0.2, 0.25) is 0 Å². The number of hydrogen-bond acceptors (Lipinski definition) is 3. The molecule has 0 spiro atoms. The second-order valence-corrected chi connectivity index (χ2v) is 9.15. The molecule has 3 heteroatoms. The molecule has 27 heavy (non-hydrogen) atoms. The van der Waals surface area contributed by atoms with Gasteiger partial charge in [0.05, 0.1) is 0 Å². The minimum Gasteiger partial charge on any atom is -0.507 e. The van der Waals surface area contributed by atoms with Crippen molar-refractivity contribution >= 4 is 17.2 Å². The number of oxazole rings is 1. The van der Waals surface area contributed by atoms with Crippen molar-refractivity contribution in [3.63, 3.8) is 0 Å². The van der Waals surface area contributed by atoms with E-state index in [4.69, 9.17) is 4.42 Å². The van der Waals surface area contributed by atoms with Crippen LogP contribution in [0.15, 0.2) is 46.9 Å². The maximum absolute atomic E-state index is 10.8. The lowest BCUT2D eigenvalue weighted by Gasteiger charge is -2.27. The molecular formula is C24H29NO2. The fourth-order valence-corrected chi connectivity index (χ4v) is 3.20. The summed E-state index contributed by atoms with van der Waals surface area (Å²) in [6, 6.07) is 12.0. The first kappa shape index (κ1) is 19.2. The number of nitrogens with zero attached hydrogens (tertiary/aromatic N) is 1. The van der Waals surface area contributed by atoms with Crippen molar-refractivity contribution in [2.24, 2.45) is 0 Å². The Labute approximate surface area is 161 Å². The minimum absolute atomic E-state index is 0.131. The SMILES string of the molecule is CC(C)(C)c1cc(/C=C/Cc2nc3ccccc3o2)cc(C(C)(C)C)c1O. The third-order valence-corrected chi connectivity index (χ3v) is 4.69. The maximum atomic E-state index is 10.8. The molecule has 2 aromatic carbocycles. The number of phenols is 1. The highest BCUT2D eigenvalue weighted by Crippen LogP contribution is 2.40. The summed E-state index contributed by atoms with van der Waals surface area (Å²) >= 11 is 0. The first-order valence-electron chi connectivity index (χ1n) is 9.44. The number of hydrogen-bond donors (Lipinski definition) is 1. The van der Waals surface area contributed by atoms with Crippen LogP contribution in [0.4, 0.5) is 0 Å². The number of allylic oxidation sites excluding steroid dienone is 1. The molecule has 0 amide bonds. The van der Waals surface area contributed by atoms with E-state index >= 15 is 0 Å². The lowest BCUT2D eigenvalue weighted by atomic mass is 9.78. The lowest BCUT2D eigenvalue weighted by Crippen LogP contribution is -2.17. The highest BCUT2D eigenvalue weighted by molar-refractivity contribution is 5.72. The Kier molecular flexibility index (Phi) is 4.90. The van der Waals surface area contributed by atoms with Gasteiger partial charge < -0.3 is 9.52 Å². The Bertz CT molecular complexity index is 914. The number of para-hydroxylation sites is 2. The minimum atomic E-state index is -0.131. The van der Waals surface area contributed by atoms with Crippen LogP contribution in [0.5, 0.6) is 5.75 Å². The van der Waals surface area contributed by atoms with Gasteiger partial charge in [-0.2, -0.15) is 0 Å². The fraction of sp³-hybridized carbons (Fsp3) is 0.375. The van der Waals surface area contributed by atoms with E-state index in [2.05, 4.69) is 70.8 Å². The molecule has 0 fully saturated rings. The average molecular weight is 364 g/mol. The molecule has 0 saturated heterocycles. The van der Waals surface area contributed by atoms with Gasteiger partial charge in [-0.3, -0.25) is 0 Å². The van der Waals surface area contributed by atoms with Gasteiger partial charge in [-0.1, -0.05) is 65.8 Å². The van der Waals surface area contributed by atoms with Gasteiger partial charge in [-0.15, -0.1) is 0 Å². The molecule has 0 unspecified atom stereocenters. The standard InChI is InChI=1S/C24H29NO2/c1-23(2,3)17-14-16(15-18(22(17)26)24(4,5)6)10-9-13-21-25-19-11-7-8-12-20(19)27-21/h7-12,14-15,26H,13H2,1-6H3/b10-9+. The molecule has 0 aliphatic heterocycles. The van der Waals surface area contributed by atoms with Crippen LogP contribution < -0.4 is 0 Å². The van der Waals surface area contributed by atoms with E-state index in [1.165, 1.54) is 0 Å². The molecule has 1 aromatic heterocycles. The van der Waals surface area contributed by atoms with E-state index in [9.17, 15) is 5.11 Å². The van der Waals surface area contributed by atoms with E-state index in [-0.39, 0.29) is 10.8 Å². The van der Waals surface area contributed by atoms with Gasteiger partial charge in [-0.05, 0) is 40.7 Å². The molecule has 3 nitrogen and oxygen atoms in total. The van der Waals surface area contributed by atoms with Gasteiger partial charge in [0.15, 0.2) is 11.5 Å². The summed E-state index contributed by atoms with van der Waals surface area (Å²) in [5, 5.41) is 10.8. The van der Waals surface area contributed by atoms with Gasteiger partial charge in [0.25, 0.3) is 0 Å². The summed E-state index contributed by atoms with van der Waals surface area (Å²) in [6.07, 6.45) is 4.78. The normalized spacial score (nSPS) is 13.0. The Morgan fingerprint density at radius 2 is 1.56 bits per heavy atom. The maximum Gasteiger partial charge on any atom is 0.199 e.